The zero-order chi connectivity index (χ0) is 17.9. The molecule has 130 valence electrons. The van der Waals surface area contributed by atoms with Crippen molar-refractivity contribution in [1.82, 2.24) is 4.57 Å². The molecule has 0 saturated carbocycles. The van der Waals surface area contributed by atoms with Gasteiger partial charge in [-0.1, -0.05) is 15.9 Å². The van der Waals surface area contributed by atoms with Crippen LogP contribution in [0, 0.1) is 13.8 Å². The molecule has 1 heterocycles. The van der Waals surface area contributed by atoms with E-state index in [1.807, 2.05) is 25.1 Å². The summed E-state index contributed by atoms with van der Waals surface area (Å²) in [6.07, 6.45) is 0. The number of aryl methyl sites for hydroxylation is 1. The topological polar surface area (TPSA) is 22.0 Å². The Hall–Kier alpha value is -1.39. The summed E-state index contributed by atoms with van der Waals surface area (Å²) in [6, 6.07) is 10.2. The summed E-state index contributed by atoms with van der Waals surface area (Å²) in [5, 5.41) is 0. The summed E-state index contributed by atoms with van der Waals surface area (Å²) in [4.78, 5) is 13.0. The van der Waals surface area contributed by atoms with Crippen molar-refractivity contribution in [2.45, 2.75) is 34.6 Å². The fraction of sp³-hybridized carbons (Fsp3) is 0.450. The van der Waals surface area contributed by atoms with Crippen molar-refractivity contribution in [2.75, 3.05) is 26.2 Å². The van der Waals surface area contributed by atoms with Gasteiger partial charge in [-0.25, -0.2) is 0 Å². The first-order valence-electron chi connectivity index (χ1n) is 8.70. The van der Waals surface area contributed by atoms with Crippen LogP contribution in [0.3, 0.4) is 0 Å². The number of quaternary nitrogens is 1. The Labute approximate surface area is 154 Å². The standard InChI is InChI=1S/C20H28BrN2O/c1-6-23(7-2,8-3)14-20(24)19-13-15(4)22(16(19)5)18-11-9-17(21)10-12-18/h9-13H,6-8,14H2,1-5H3/q+1. The third kappa shape index (κ3) is 3.65. The zero-order valence-corrected chi connectivity index (χ0v) is 17.0. The molecule has 4 heteroatoms. The summed E-state index contributed by atoms with van der Waals surface area (Å²) in [7, 11) is 0. The van der Waals surface area contributed by atoms with Crippen molar-refractivity contribution in [2.24, 2.45) is 0 Å². The Balaban J connectivity index is 2.38. The van der Waals surface area contributed by atoms with Crippen LogP contribution >= 0.6 is 15.9 Å². The van der Waals surface area contributed by atoms with Crippen molar-refractivity contribution in [3.05, 3.63) is 51.8 Å². The first-order valence-corrected chi connectivity index (χ1v) is 9.50. The summed E-state index contributed by atoms with van der Waals surface area (Å²) in [5.74, 6) is 0.247. The van der Waals surface area contributed by atoms with Crippen molar-refractivity contribution < 1.29 is 9.28 Å². The lowest BCUT2D eigenvalue weighted by Crippen LogP contribution is -2.50. The smallest absolute Gasteiger partial charge is 0.218 e. The number of carbonyl (C=O) groups is 1. The second kappa shape index (κ2) is 7.66. The molecule has 0 aliphatic heterocycles. The lowest BCUT2D eigenvalue weighted by molar-refractivity contribution is -0.915. The molecule has 0 unspecified atom stereocenters. The van der Waals surface area contributed by atoms with Gasteiger partial charge in [-0.05, 0) is 65.0 Å². The van der Waals surface area contributed by atoms with Crippen LogP contribution in [0.1, 0.15) is 42.5 Å². The molecule has 0 atom stereocenters. The molecule has 1 aromatic carbocycles. The highest BCUT2D eigenvalue weighted by Crippen LogP contribution is 2.23. The Morgan fingerprint density at radius 1 is 1.04 bits per heavy atom. The number of nitrogens with zero attached hydrogens (tertiary/aromatic N) is 2. The highest BCUT2D eigenvalue weighted by atomic mass is 79.9. The van der Waals surface area contributed by atoms with E-state index in [4.69, 9.17) is 0 Å². The molecule has 0 aliphatic rings. The van der Waals surface area contributed by atoms with E-state index >= 15 is 0 Å². The highest BCUT2D eigenvalue weighted by molar-refractivity contribution is 9.10. The monoisotopic (exact) mass is 391 g/mol. The first-order chi connectivity index (χ1) is 11.4. The summed E-state index contributed by atoms with van der Waals surface area (Å²) in [6.45, 7) is 14.2. The number of benzene rings is 1. The average Bonchev–Trinajstić information content (AvgIpc) is 2.88. The van der Waals surface area contributed by atoms with E-state index in [1.54, 1.807) is 0 Å². The fourth-order valence-corrected chi connectivity index (χ4v) is 3.69. The van der Waals surface area contributed by atoms with Crippen molar-refractivity contribution in [1.29, 1.82) is 0 Å². The van der Waals surface area contributed by atoms with E-state index in [1.165, 1.54) is 0 Å². The maximum atomic E-state index is 13.0. The maximum Gasteiger partial charge on any atom is 0.218 e. The van der Waals surface area contributed by atoms with Gasteiger partial charge in [-0.3, -0.25) is 4.79 Å². The third-order valence-electron chi connectivity index (χ3n) is 5.31. The van der Waals surface area contributed by atoms with Gasteiger partial charge in [-0.2, -0.15) is 0 Å². The fourth-order valence-electron chi connectivity index (χ4n) is 3.43. The summed E-state index contributed by atoms with van der Waals surface area (Å²) in [5.41, 5.74) is 4.07. The number of halogens is 1. The van der Waals surface area contributed by atoms with Crippen LogP contribution in [0.15, 0.2) is 34.8 Å². The molecule has 0 radical (unpaired) electrons. The number of rotatable bonds is 7. The van der Waals surface area contributed by atoms with Gasteiger partial charge < -0.3 is 9.05 Å². The van der Waals surface area contributed by atoms with E-state index in [0.717, 1.165) is 51.2 Å². The first kappa shape index (κ1) is 18.9. The minimum atomic E-state index is 0.247. The molecule has 0 spiro atoms. The highest BCUT2D eigenvalue weighted by Gasteiger charge is 2.27. The number of likely N-dealkylation sites (N-methyl/N-ethyl adjacent to an activating group) is 1. The van der Waals surface area contributed by atoms with Gasteiger partial charge in [0.15, 0.2) is 0 Å². The van der Waals surface area contributed by atoms with Gasteiger partial charge >= 0.3 is 0 Å². The van der Waals surface area contributed by atoms with Crippen LogP contribution < -0.4 is 0 Å². The normalized spacial score (nSPS) is 11.8. The Morgan fingerprint density at radius 3 is 2.08 bits per heavy atom. The molecule has 0 amide bonds. The molecule has 0 N–H and O–H groups in total. The maximum absolute atomic E-state index is 13.0. The van der Waals surface area contributed by atoms with Crippen LogP contribution in [0.5, 0.6) is 0 Å². The lowest BCUT2D eigenvalue weighted by Gasteiger charge is -2.35. The van der Waals surface area contributed by atoms with E-state index in [2.05, 4.69) is 60.3 Å². The molecule has 24 heavy (non-hydrogen) atoms. The van der Waals surface area contributed by atoms with Gasteiger partial charge in [0.1, 0.15) is 6.54 Å². The second-order valence-corrected chi connectivity index (χ2v) is 7.38. The molecule has 0 bridgehead atoms. The van der Waals surface area contributed by atoms with E-state index < -0.39 is 0 Å². The van der Waals surface area contributed by atoms with Crippen LogP contribution in [0.2, 0.25) is 0 Å². The molecular weight excluding hydrogens is 364 g/mol. The minimum absolute atomic E-state index is 0.247. The molecule has 0 fully saturated rings. The summed E-state index contributed by atoms with van der Waals surface area (Å²) < 4.78 is 4.07. The van der Waals surface area contributed by atoms with Crippen LogP contribution in [-0.4, -0.2) is 41.0 Å². The van der Waals surface area contributed by atoms with E-state index in [-0.39, 0.29) is 5.78 Å². The molecule has 1 aromatic heterocycles. The Kier molecular flexibility index (Phi) is 6.05. The van der Waals surface area contributed by atoms with Gasteiger partial charge in [0.25, 0.3) is 0 Å². The molecule has 2 rings (SSSR count). The number of hydrogen-bond acceptors (Lipinski definition) is 1. The predicted molar refractivity (Wildman–Crippen MR) is 104 cm³/mol. The van der Waals surface area contributed by atoms with Crippen molar-refractivity contribution >= 4 is 21.7 Å². The number of Topliss-reactive ketones (excluding diaryl/α,β-unsaturated/α-hetero) is 1. The van der Waals surface area contributed by atoms with Gasteiger partial charge in [0.2, 0.25) is 5.78 Å². The second-order valence-electron chi connectivity index (χ2n) is 6.47. The van der Waals surface area contributed by atoms with Gasteiger partial charge in [-0.15, -0.1) is 0 Å². The number of ketones is 1. The van der Waals surface area contributed by atoms with E-state index in [0.29, 0.717) is 6.54 Å². The lowest BCUT2D eigenvalue weighted by atomic mass is 10.1. The Bertz CT molecular complexity index is 704. The van der Waals surface area contributed by atoms with Gasteiger partial charge in [0.05, 0.1) is 19.6 Å². The van der Waals surface area contributed by atoms with Crippen LogP contribution in [0.25, 0.3) is 5.69 Å². The minimum Gasteiger partial charge on any atom is -0.318 e. The van der Waals surface area contributed by atoms with Crippen LogP contribution in [0.4, 0.5) is 0 Å². The molecule has 3 nitrogen and oxygen atoms in total. The van der Waals surface area contributed by atoms with Crippen LogP contribution in [-0.2, 0) is 0 Å². The quantitative estimate of drug-likeness (QED) is 0.485. The molecule has 0 saturated heterocycles. The predicted octanol–water partition coefficient (Wildman–Crippen LogP) is 4.92. The van der Waals surface area contributed by atoms with E-state index in [9.17, 15) is 4.79 Å². The number of carbonyl (C=O) groups excluding carboxylic acids is 1. The third-order valence-corrected chi connectivity index (χ3v) is 5.84. The van der Waals surface area contributed by atoms with Gasteiger partial charge in [0, 0.05) is 27.1 Å². The average molecular weight is 392 g/mol. The molecule has 2 aromatic rings. The SMILES string of the molecule is CC[N+](CC)(CC)CC(=O)c1cc(C)n(-c2ccc(Br)cc2)c1C. The summed E-state index contributed by atoms with van der Waals surface area (Å²) >= 11 is 3.47. The zero-order valence-electron chi connectivity index (χ0n) is 15.4. The van der Waals surface area contributed by atoms with Crippen molar-refractivity contribution in [3.63, 3.8) is 0 Å². The molecule has 0 aliphatic carbocycles. The van der Waals surface area contributed by atoms with Crippen molar-refractivity contribution in [3.8, 4) is 5.69 Å². The molecular formula is C20H28BrN2O+. The number of hydrogen-bond donors (Lipinski definition) is 0. The Morgan fingerprint density at radius 2 is 1.58 bits per heavy atom. The number of aromatic nitrogens is 1. The largest absolute Gasteiger partial charge is 0.318 e.